The molecule has 3 N–H and O–H groups in total. The lowest BCUT2D eigenvalue weighted by atomic mass is 10.0. The fourth-order valence-electron chi connectivity index (χ4n) is 3.68. The van der Waals surface area contributed by atoms with Crippen molar-refractivity contribution in [3.8, 4) is 0 Å². The average Bonchev–Trinajstić information content (AvgIpc) is 3.17. The molecule has 3 rings (SSSR count). The third-order valence-corrected chi connectivity index (χ3v) is 5.38. The van der Waals surface area contributed by atoms with Crippen LogP contribution in [-0.2, 0) is 24.3 Å². The standard InChI is InChI=1S/C14H23N5O7S/c1-17(12(20)7-9-3-2-6-15-9)16-13(21)11-5-4-10-8-18(11)14(22)19(10)26-27(23,24)25/h9-11,15H,2-8H2,1H3,(H,16,21)(H,23,24,25)/t9?,10-,11+/m0/s1. The Balaban J connectivity index is 1.57. The van der Waals surface area contributed by atoms with Crippen LogP contribution in [0.1, 0.15) is 32.1 Å². The number of amides is 4. The number of nitrogens with zero attached hydrogens (tertiary/aromatic N) is 3. The van der Waals surface area contributed by atoms with Crippen molar-refractivity contribution in [2.24, 2.45) is 0 Å². The minimum Gasteiger partial charge on any atom is -0.313 e. The van der Waals surface area contributed by atoms with Gasteiger partial charge in [0, 0.05) is 26.1 Å². The summed E-state index contributed by atoms with van der Waals surface area (Å²) in [5, 5.41) is 4.89. The average molecular weight is 405 g/mol. The number of carbonyl (C=O) groups excluding carboxylic acids is 3. The van der Waals surface area contributed by atoms with E-state index in [-0.39, 0.29) is 31.3 Å². The highest BCUT2D eigenvalue weighted by Gasteiger charge is 2.49. The van der Waals surface area contributed by atoms with Crippen LogP contribution in [0, 0.1) is 0 Å². The molecule has 0 aromatic heterocycles. The van der Waals surface area contributed by atoms with Gasteiger partial charge in [-0.05, 0) is 32.2 Å². The Labute approximate surface area is 156 Å². The molecule has 27 heavy (non-hydrogen) atoms. The van der Waals surface area contributed by atoms with Crippen molar-refractivity contribution in [2.45, 2.75) is 50.2 Å². The summed E-state index contributed by atoms with van der Waals surface area (Å²) in [6.07, 6.45) is 2.78. The lowest BCUT2D eigenvalue weighted by Crippen LogP contribution is -2.55. The number of carbonyl (C=O) groups is 3. The normalized spacial score (nSPS) is 27.8. The van der Waals surface area contributed by atoms with Crippen molar-refractivity contribution in [3.05, 3.63) is 0 Å². The number of piperidine rings is 1. The smallest absolute Gasteiger partial charge is 0.313 e. The molecule has 3 aliphatic rings. The minimum atomic E-state index is -4.84. The van der Waals surface area contributed by atoms with E-state index in [9.17, 15) is 22.8 Å². The van der Waals surface area contributed by atoms with Gasteiger partial charge in [0.05, 0.1) is 6.04 Å². The zero-order valence-corrected chi connectivity index (χ0v) is 15.6. The van der Waals surface area contributed by atoms with Gasteiger partial charge in [-0.2, -0.15) is 13.5 Å². The molecule has 0 radical (unpaired) electrons. The van der Waals surface area contributed by atoms with E-state index in [2.05, 4.69) is 15.0 Å². The second-order valence-electron chi connectivity index (χ2n) is 6.94. The van der Waals surface area contributed by atoms with Crippen LogP contribution in [0.2, 0.25) is 0 Å². The summed E-state index contributed by atoms with van der Waals surface area (Å²) in [5.41, 5.74) is 2.49. The Morgan fingerprint density at radius 1 is 1.37 bits per heavy atom. The summed E-state index contributed by atoms with van der Waals surface area (Å²) < 4.78 is 34.9. The van der Waals surface area contributed by atoms with E-state index in [0.717, 1.165) is 24.4 Å². The van der Waals surface area contributed by atoms with Crippen LogP contribution in [-0.4, -0.2) is 84.1 Å². The fourth-order valence-corrected chi connectivity index (χ4v) is 4.07. The van der Waals surface area contributed by atoms with Crippen molar-refractivity contribution in [1.29, 1.82) is 0 Å². The van der Waals surface area contributed by atoms with Crippen LogP contribution in [0.25, 0.3) is 0 Å². The molecule has 3 fully saturated rings. The Morgan fingerprint density at radius 3 is 2.74 bits per heavy atom. The topological polar surface area (TPSA) is 149 Å². The zero-order chi connectivity index (χ0) is 19.8. The molecule has 3 atom stereocenters. The van der Waals surface area contributed by atoms with Gasteiger partial charge in [-0.15, -0.1) is 4.28 Å². The van der Waals surface area contributed by atoms with E-state index >= 15 is 0 Å². The number of nitrogens with one attached hydrogen (secondary N) is 2. The van der Waals surface area contributed by atoms with Gasteiger partial charge in [-0.3, -0.25) is 24.6 Å². The molecule has 0 saturated carbocycles. The molecule has 2 bridgehead atoms. The van der Waals surface area contributed by atoms with Gasteiger partial charge in [-0.25, -0.2) is 4.79 Å². The van der Waals surface area contributed by atoms with Crippen molar-refractivity contribution in [2.75, 3.05) is 20.1 Å². The number of rotatable bonds is 5. The molecule has 0 aromatic carbocycles. The van der Waals surface area contributed by atoms with Crippen LogP contribution in [0.5, 0.6) is 0 Å². The fraction of sp³-hybridized carbons (Fsp3) is 0.786. The van der Waals surface area contributed by atoms with Gasteiger partial charge < -0.3 is 10.2 Å². The maximum atomic E-state index is 12.5. The molecule has 13 heteroatoms. The maximum absolute atomic E-state index is 12.5. The second kappa shape index (κ2) is 7.58. The largest absolute Gasteiger partial charge is 0.418 e. The van der Waals surface area contributed by atoms with E-state index in [1.807, 2.05) is 0 Å². The predicted octanol–water partition coefficient (Wildman–Crippen LogP) is -1.38. The van der Waals surface area contributed by atoms with E-state index in [0.29, 0.717) is 11.5 Å². The van der Waals surface area contributed by atoms with E-state index in [1.54, 1.807) is 0 Å². The van der Waals surface area contributed by atoms with Gasteiger partial charge in [0.2, 0.25) is 5.91 Å². The highest BCUT2D eigenvalue weighted by Crippen LogP contribution is 2.30. The van der Waals surface area contributed by atoms with Crippen LogP contribution in [0.15, 0.2) is 0 Å². The van der Waals surface area contributed by atoms with Crippen molar-refractivity contribution in [3.63, 3.8) is 0 Å². The highest BCUT2D eigenvalue weighted by molar-refractivity contribution is 7.80. The first-order valence-corrected chi connectivity index (χ1v) is 10.1. The number of hydrogen-bond donors (Lipinski definition) is 3. The molecule has 0 spiro atoms. The molecular formula is C14H23N5O7S. The first kappa shape index (κ1) is 19.8. The number of hydrazine groups is 1. The number of urea groups is 1. The quantitative estimate of drug-likeness (QED) is 0.374. The number of fused-ring (bicyclic) bond motifs is 2. The molecule has 0 aromatic rings. The van der Waals surface area contributed by atoms with Crippen LogP contribution in [0.4, 0.5) is 4.79 Å². The summed E-state index contributed by atoms with van der Waals surface area (Å²) in [6.45, 7) is 0.965. The number of hydrogen-bond acceptors (Lipinski definition) is 7. The number of hydroxylamine groups is 2. The second-order valence-corrected chi connectivity index (χ2v) is 7.94. The van der Waals surface area contributed by atoms with Crippen LogP contribution in [0.3, 0.4) is 0 Å². The monoisotopic (exact) mass is 405 g/mol. The van der Waals surface area contributed by atoms with Crippen LogP contribution < -0.4 is 10.7 Å². The summed E-state index contributed by atoms with van der Waals surface area (Å²) in [5.74, 6) is -0.786. The van der Waals surface area contributed by atoms with Crippen molar-refractivity contribution >= 4 is 28.2 Å². The van der Waals surface area contributed by atoms with Gasteiger partial charge in [0.25, 0.3) is 5.91 Å². The Hall–Kier alpha value is -1.96. The molecular weight excluding hydrogens is 382 g/mol. The molecule has 3 saturated heterocycles. The third-order valence-electron chi connectivity index (χ3n) is 5.04. The Bertz CT molecular complexity index is 723. The Kier molecular flexibility index (Phi) is 5.55. The van der Waals surface area contributed by atoms with E-state index < -0.39 is 34.4 Å². The van der Waals surface area contributed by atoms with E-state index in [1.165, 1.54) is 11.9 Å². The molecule has 0 aliphatic carbocycles. The van der Waals surface area contributed by atoms with Crippen molar-refractivity contribution < 1.29 is 31.6 Å². The lowest BCUT2D eigenvalue weighted by Gasteiger charge is -2.31. The highest BCUT2D eigenvalue weighted by atomic mass is 32.3. The van der Waals surface area contributed by atoms with Gasteiger partial charge in [-0.1, -0.05) is 0 Å². The first-order valence-electron chi connectivity index (χ1n) is 8.73. The third kappa shape index (κ3) is 4.48. The van der Waals surface area contributed by atoms with E-state index in [4.69, 9.17) is 4.55 Å². The van der Waals surface area contributed by atoms with Gasteiger partial charge >= 0.3 is 16.4 Å². The Morgan fingerprint density at radius 2 is 2.11 bits per heavy atom. The van der Waals surface area contributed by atoms with Gasteiger partial charge in [0.1, 0.15) is 6.04 Å². The maximum Gasteiger partial charge on any atom is 0.418 e. The molecule has 3 heterocycles. The first-order chi connectivity index (χ1) is 12.7. The minimum absolute atomic E-state index is 0.0933. The predicted molar refractivity (Wildman–Crippen MR) is 89.9 cm³/mol. The lowest BCUT2D eigenvalue weighted by molar-refractivity contribution is -0.142. The van der Waals surface area contributed by atoms with Crippen LogP contribution >= 0.6 is 0 Å². The van der Waals surface area contributed by atoms with Gasteiger partial charge in [0.15, 0.2) is 0 Å². The zero-order valence-electron chi connectivity index (χ0n) is 14.8. The SMILES string of the molecule is CN(NC(=O)[C@H]1CC[C@H]2CN1C(=O)N2OS(=O)(=O)O)C(=O)CC1CCCN1. The summed E-state index contributed by atoms with van der Waals surface area (Å²) >= 11 is 0. The molecule has 3 aliphatic heterocycles. The molecule has 1 unspecified atom stereocenters. The summed E-state index contributed by atoms with van der Waals surface area (Å²) in [7, 11) is -3.39. The summed E-state index contributed by atoms with van der Waals surface area (Å²) in [4.78, 5) is 38.2. The molecule has 12 nitrogen and oxygen atoms in total. The van der Waals surface area contributed by atoms with Crippen molar-refractivity contribution in [1.82, 2.24) is 25.7 Å². The molecule has 152 valence electrons. The molecule has 4 amide bonds. The summed E-state index contributed by atoms with van der Waals surface area (Å²) in [6, 6.07) is -2.15.